The van der Waals surface area contributed by atoms with Crippen molar-refractivity contribution in [3.8, 4) is 0 Å². The summed E-state index contributed by atoms with van der Waals surface area (Å²) in [4.78, 5) is 22.6. The van der Waals surface area contributed by atoms with Crippen LogP contribution in [0.25, 0.3) is 0 Å². The van der Waals surface area contributed by atoms with Crippen LogP contribution in [0.3, 0.4) is 0 Å². The van der Waals surface area contributed by atoms with Crippen LogP contribution >= 0.6 is 0 Å². The molecule has 1 saturated carbocycles. The zero-order valence-corrected chi connectivity index (χ0v) is 11.9. The summed E-state index contributed by atoms with van der Waals surface area (Å²) in [6, 6.07) is 4.72. The summed E-state index contributed by atoms with van der Waals surface area (Å²) in [7, 11) is 1.61. The van der Waals surface area contributed by atoms with Gasteiger partial charge in [-0.15, -0.1) is 0 Å². The molecule has 21 heavy (non-hydrogen) atoms. The van der Waals surface area contributed by atoms with Crippen molar-refractivity contribution in [1.82, 2.24) is 5.32 Å². The van der Waals surface area contributed by atoms with Gasteiger partial charge in [-0.25, -0.2) is 0 Å². The highest BCUT2D eigenvalue weighted by molar-refractivity contribution is 5.96. The summed E-state index contributed by atoms with van der Waals surface area (Å²) in [5.74, 6) is -0.258. The maximum absolute atomic E-state index is 11.9. The minimum Gasteiger partial charge on any atom is -0.385 e. The molecule has 0 aliphatic heterocycles. The molecule has 1 amide bonds. The molecule has 114 valence electrons. The maximum Gasteiger partial charge on any atom is 0.293 e. The number of rotatable bonds is 8. The molecule has 0 aromatic heterocycles. The van der Waals surface area contributed by atoms with Gasteiger partial charge in [0.25, 0.3) is 11.6 Å². The van der Waals surface area contributed by atoms with Crippen molar-refractivity contribution in [1.29, 1.82) is 0 Å². The average molecular weight is 293 g/mol. The largest absolute Gasteiger partial charge is 0.385 e. The second-order valence-corrected chi connectivity index (χ2v) is 5.01. The number of benzene rings is 1. The van der Waals surface area contributed by atoms with E-state index in [4.69, 9.17) is 4.74 Å². The Labute approximate surface area is 122 Å². The number of ether oxygens (including phenoxy) is 1. The van der Waals surface area contributed by atoms with E-state index >= 15 is 0 Å². The zero-order valence-electron chi connectivity index (χ0n) is 11.9. The molecule has 0 saturated heterocycles. The van der Waals surface area contributed by atoms with Crippen molar-refractivity contribution in [2.24, 2.45) is 0 Å². The number of anilines is 1. The fourth-order valence-electron chi connectivity index (χ4n) is 1.91. The van der Waals surface area contributed by atoms with Crippen LogP contribution in [-0.2, 0) is 4.74 Å². The van der Waals surface area contributed by atoms with E-state index in [-0.39, 0.29) is 17.6 Å². The van der Waals surface area contributed by atoms with Gasteiger partial charge in [-0.1, -0.05) is 0 Å². The Kier molecular flexibility index (Phi) is 5.10. The summed E-state index contributed by atoms with van der Waals surface area (Å²) in [6.07, 6.45) is 2.71. The molecule has 0 atom stereocenters. The first kappa shape index (κ1) is 15.2. The normalized spacial score (nSPS) is 13.8. The van der Waals surface area contributed by atoms with Crippen LogP contribution in [0.4, 0.5) is 11.4 Å². The third-order valence-electron chi connectivity index (χ3n) is 3.21. The first-order chi connectivity index (χ1) is 10.1. The van der Waals surface area contributed by atoms with Gasteiger partial charge < -0.3 is 15.4 Å². The number of carbonyl (C=O) groups is 1. The number of nitro groups is 1. The van der Waals surface area contributed by atoms with E-state index in [0.29, 0.717) is 24.4 Å². The number of hydrogen-bond acceptors (Lipinski definition) is 5. The first-order valence-electron chi connectivity index (χ1n) is 6.94. The van der Waals surface area contributed by atoms with Crippen LogP contribution < -0.4 is 10.6 Å². The van der Waals surface area contributed by atoms with Crippen molar-refractivity contribution < 1.29 is 14.5 Å². The van der Waals surface area contributed by atoms with Gasteiger partial charge in [0, 0.05) is 37.9 Å². The quantitative estimate of drug-likeness (QED) is 0.434. The van der Waals surface area contributed by atoms with Crippen LogP contribution in [0.5, 0.6) is 0 Å². The highest BCUT2D eigenvalue weighted by Gasteiger charge is 2.25. The fraction of sp³-hybridized carbons (Fsp3) is 0.500. The minimum absolute atomic E-state index is 0.0872. The Bertz CT molecular complexity index is 529. The van der Waals surface area contributed by atoms with Gasteiger partial charge >= 0.3 is 0 Å². The number of carbonyl (C=O) groups excluding carboxylic acids is 1. The Morgan fingerprint density at radius 3 is 2.86 bits per heavy atom. The van der Waals surface area contributed by atoms with E-state index in [9.17, 15) is 14.9 Å². The number of nitrogens with one attached hydrogen (secondary N) is 2. The number of nitro benzene ring substituents is 1. The summed E-state index contributed by atoms with van der Waals surface area (Å²) >= 11 is 0. The first-order valence-corrected chi connectivity index (χ1v) is 6.94. The number of amides is 1. The molecule has 0 heterocycles. The van der Waals surface area contributed by atoms with Gasteiger partial charge in [0.2, 0.25) is 0 Å². The minimum atomic E-state index is -0.480. The van der Waals surface area contributed by atoms with Gasteiger partial charge in [0.1, 0.15) is 5.69 Å². The smallest absolute Gasteiger partial charge is 0.293 e. The monoisotopic (exact) mass is 293 g/mol. The van der Waals surface area contributed by atoms with E-state index in [2.05, 4.69) is 10.6 Å². The third-order valence-corrected chi connectivity index (χ3v) is 3.21. The summed E-state index contributed by atoms with van der Waals surface area (Å²) < 4.78 is 4.92. The van der Waals surface area contributed by atoms with Crippen molar-refractivity contribution in [2.45, 2.75) is 25.3 Å². The molecular formula is C14H19N3O4. The molecular weight excluding hydrogens is 274 g/mol. The topological polar surface area (TPSA) is 93.5 Å². The predicted molar refractivity (Wildman–Crippen MR) is 78.6 cm³/mol. The van der Waals surface area contributed by atoms with E-state index in [1.54, 1.807) is 19.2 Å². The average Bonchev–Trinajstić information content (AvgIpc) is 3.27. The molecule has 7 nitrogen and oxygen atoms in total. The van der Waals surface area contributed by atoms with E-state index < -0.39 is 4.92 Å². The lowest BCUT2D eigenvalue weighted by Crippen LogP contribution is -2.25. The molecule has 1 aromatic carbocycles. The van der Waals surface area contributed by atoms with Gasteiger partial charge in [-0.3, -0.25) is 14.9 Å². The second kappa shape index (κ2) is 7.03. The van der Waals surface area contributed by atoms with E-state index in [1.165, 1.54) is 6.07 Å². The lowest BCUT2D eigenvalue weighted by molar-refractivity contribution is -0.384. The van der Waals surface area contributed by atoms with Crippen LogP contribution in [0.1, 0.15) is 29.6 Å². The molecule has 1 aliphatic carbocycles. The molecule has 0 radical (unpaired) electrons. The van der Waals surface area contributed by atoms with Gasteiger partial charge in [-0.2, -0.15) is 0 Å². The lowest BCUT2D eigenvalue weighted by atomic mass is 10.1. The summed E-state index contributed by atoms with van der Waals surface area (Å²) in [5.41, 5.74) is 0.644. The molecule has 1 aromatic rings. The maximum atomic E-state index is 11.9. The Hall–Kier alpha value is -2.15. The van der Waals surface area contributed by atoms with Crippen molar-refractivity contribution in [2.75, 3.05) is 25.6 Å². The fourth-order valence-corrected chi connectivity index (χ4v) is 1.91. The van der Waals surface area contributed by atoms with Crippen LogP contribution in [0.2, 0.25) is 0 Å². The number of methoxy groups -OCH3 is 1. The third kappa shape index (κ3) is 4.42. The van der Waals surface area contributed by atoms with Gasteiger partial charge in [-0.05, 0) is 31.4 Å². The van der Waals surface area contributed by atoms with Gasteiger partial charge in [0.05, 0.1) is 4.92 Å². The molecule has 0 bridgehead atoms. The molecule has 0 unspecified atom stereocenters. The second-order valence-electron chi connectivity index (χ2n) is 5.01. The van der Waals surface area contributed by atoms with E-state index in [1.807, 2.05) is 0 Å². The lowest BCUT2D eigenvalue weighted by Gasteiger charge is -2.09. The highest BCUT2D eigenvalue weighted by Crippen LogP contribution is 2.26. The molecule has 2 rings (SSSR count). The summed E-state index contributed by atoms with van der Waals surface area (Å²) in [6.45, 7) is 1.16. The molecule has 0 spiro atoms. The Balaban J connectivity index is 2.06. The van der Waals surface area contributed by atoms with E-state index in [0.717, 1.165) is 19.3 Å². The highest BCUT2D eigenvalue weighted by atomic mass is 16.6. The van der Waals surface area contributed by atoms with Crippen LogP contribution in [0, 0.1) is 10.1 Å². The predicted octanol–water partition coefficient (Wildman–Crippen LogP) is 1.94. The SMILES string of the molecule is COCCCNc1ccc(C(=O)NC2CC2)cc1[N+](=O)[O-]. The zero-order chi connectivity index (χ0) is 15.2. The Morgan fingerprint density at radius 2 is 2.24 bits per heavy atom. The van der Waals surface area contributed by atoms with Crippen molar-refractivity contribution >= 4 is 17.3 Å². The molecule has 2 N–H and O–H groups in total. The van der Waals surface area contributed by atoms with Crippen molar-refractivity contribution in [3.63, 3.8) is 0 Å². The number of hydrogen-bond donors (Lipinski definition) is 2. The molecule has 1 aliphatic rings. The van der Waals surface area contributed by atoms with Crippen molar-refractivity contribution in [3.05, 3.63) is 33.9 Å². The Morgan fingerprint density at radius 1 is 1.48 bits per heavy atom. The standard InChI is InChI=1S/C14H19N3O4/c1-21-8-2-7-15-12-6-3-10(9-13(12)17(19)20)14(18)16-11-4-5-11/h3,6,9,11,15H,2,4-5,7-8H2,1H3,(H,16,18). The van der Waals surface area contributed by atoms with Crippen LogP contribution in [-0.4, -0.2) is 37.1 Å². The van der Waals surface area contributed by atoms with Crippen LogP contribution in [0.15, 0.2) is 18.2 Å². The number of nitrogens with zero attached hydrogens (tertiary/aromatic N) is 1. The molecule has 1 fully saturated rings. The van der Waals surface area contributed by atoms with Gasteiger partial charge in [0.15, 0.2) is 0 Å². The molecule has 7 heteroatoms. The summed E-state index contributed by atoms with van der Waals surface area (Å²) in [5, 5.41) is 16.9.